The SMILES string of the molecule is C=CCn1c(SCC(=O)Nc2sc(C)c(C)c2C(=O)OC)nnc1-c1cc(OC)c(OC)c(OC)c1. The maximum Gasteiger partial charge on any atom is 0.341 e. The molecular weight excluding hydrogens is 504 g/mol. The fraction of sp³-hybridized carbons (Fsp3) is 0.333. The van der Waals surface area contributed by atoms with Gasteiger partial charge in [0.05, 0.1) is 39.8 Å². The highest BCUT2D eigenvalue weighted by atomic mass is 32.2. The number of allylic oxidation sites excluding steroid dienone is 1. The van der Waals surface area contributed by atoms with Crippen LogP contribution in [0.25, 0.3) is 11.4 Å². The van der Waals surface area contributed by atoms with Crippen molar-refractivity contribution in [2.75, 3.05) is 39.5 Å². The zero-order valence-electron chi connectivity index (χ0n) is 21.0. The van der Waals surface area contributed by atoms with Gasteiger partial charge >= 0.3 is 5.97 Å². The molecule has 0 aliphatic heterocycles. The second-order valence-electron chi connectivity index (χ2n) is 7.44. The highest BCUT2D eigenvalue weighted by molar-refractivity contribution is 7.99. The lowest BCUT2D eigenvalue weighted by atomic mass is 10.1. The molecular formula is C24H28N4O6S2. The molecule has 0 saturated carbocycles. The highest BCUT2D eigenvalue weighted by Crippen LogP contribution is 2.41. The lowest BCUT2D eigenvalue weighted by molar-refractivity contribution is -0.113. The molecule has 0 spiro atoms. The van der Waals surface area contributed by atoms with Gasteiger partial charge in [0.15, 0.2) is 22.5 Å². The molecule has 0 aliphatic carbocycles. The molecule has 0 atom stereocenters. The normalized spacial score (nSPS) is 10.6. The van der Waals surface area contributed by atoms with Crippen LogP contribution in [0, 0.1) is 13.8 Å². The number of carbonyl (C=O) groups excluding carboxylic acids is 2. The van der Waals surface area contributed by atoms with Crippen molar-refractivity contribution in [2.24, 2.45) is 0 Å². The molecule has 0 unspecified atom stereocenters. The maximum absolute atomic E-state index is 12.8. The number of hydrogen-bond donors (Lipinski definition) is 1. The van der Waals surface area contributed by atoms with Gasteiger partial charge in [-0.3, -0.25) is 9.36 Å². The van der Waals surface area contributed by atoms with E-state index in [4.69, 9.17) is 18.9 Å². The molecule has 10 nitrogen and oxygen atoms in total. The van der Waals surface area contributed by atoms with E-state index < -0.39 is 5.97 Å². The van der Waals surface area contributed by atoms with Crippen LogP contribution in [-0.4, -0.2) is 60.8 Å². The second kappa shape index (κ2) is 12.0. The molecule has 3 rings (SSSR count). The van der Waals surface area contributed by atoms with Crippen molar-refractivity contribution in [2.45, 2.75) is 25.5 Å². The molecule has 0 saturated heterocycles. The average molecular weight is 533 g/mol. The molecule has 1 amide bonds. The van der Waals surface area contributed by atoms with Gasteiger partial charge in [0, 0.05) is 17.0 Å². The molecule has 36 heavy (non-hydrogen) atoms. The van der Waals surface area contributed by atoms with Crippen molar-refractivity contribution in [3.05, 3.63) is 40.8 Å². The maximum atomic E-state index is 12.8. The van der Waals surface area contributed by atoms with Crippen molar-refractivity contribution in [3.63, 3.8) is 0 Å². The minimum Gasteiger partial charge on any atom is -0.493 e. The zero-order chi connectivity index (χ0) is 26.4. The number of carbonyl (C=O) groups is 2. The summed E-state index contributed by atoms with van der Waals surface area (Å²) in [6, 6.07) is 3.56. The zero-order valence-corrected chi connectivity index (χ0v) is 22.6. The first-order valence-corrected chi connectivity index (χ1v) is 12.5. The largest absolute Gasteiger partial charge is 0.493 e. The van der Waals surface area contributed by atoms with Crippen LogP contribution in [0.15, 0.2) is 29.9 Å². The van der Waals surface area contributed by atoms with Crippen LogP contribution in [0.3, 0.4) is 0 Å². The molecule has 3 aromatic rings. The topological polar surface area (TPSA) is 114 Å². The Balaban J connectivity index is 1.85. The number of nitrogens with zero attached hydrogens (tertiary/aromatic N) is 3. The Morgan fingerprint density at radius 2 is 1.78 bits per heavy atom. The first-order valence-electron chi connectivity index (χ1n) is 10.7. The van der Waals surface area contributed by atoms with Crippen molar-refractivity contribution in [1.82, 2.24) is 14.8 Å². The summed E-state index contributed by atoms with van der Waals surface area (Å²) >= 11 is 2.55. The number of nitrogens with one attached hydrogen (secondary N) is 1. The number of amides is 1. The van der Waals surface area contributed by atoms with Crippen molar-refractivity contribution >= 4 is 40.0 Å². The first kappa shape index (κ1) is 27.1. The van der Waals surface area contributed by atoms with E-state index in [0.29, 0.717) is 50.9 Å². The molecule has 1 N–H and O–H groups in total. The van der Waals surface area contributed by atoms with Gasteiger partial charge in [-0.25, -0.2) is 4.79 Å². The van der Waals surface area contributed by atoms with E-state index >= 15 is 0 Å². The van der Waals surface area contributed by atoms with Gasteiger partial charge in [-0.1, -0.05) is 17.8 Å². The number of anilines is 1. The van der Waals surface area contributed by atoms with Crippen LogP contribution < -0.4 is 19.5 Å². The Hall–Kier alpha value is -3.51. The minimum atomic E-state index is -0.486. The molecule has 0 radical (unpaired) electrons. The van der Waals surface area contributed by atoms with E-state index in [1.54, 1.807) is 18.2 Å². The number of aryl methyl sites for hydroxylation is 1. The smallest absolute Gasteiger partial charge is 0.341 e. The van der Waals surface area contributed by atoms with Crippen molar-refractivity contribution in [1.29, 1.82) is 0 Å². The minimum absolute atomic E-state index is 0.0567. The molecule has 0 bridgehead atoms. The summed E-state index contributed by atoms with van der Waals surface area (Å²) < 4.78 is 23.0. The van der Waals surface area contributed by atoms with E-state index in [0.717, 1.165) is 10.4 Å². The average Bonchev–Trinajstić information content (AvgIpc) is 3.40. The van der Waals surface area contributed by atoms with Gasteiger partial charge < -0.3 is 24.3 Å². The predicted octanol–water partition coefficient (Wildman–Crippen LogP) is 4.35. The quantitative estimate of drug-likeness (QED) is 0.219. The number of ether oxygens (including phenoxy) is 4. The van der Waals surface area contributed by atoms with E-state index in [1.807, 2.05) is 18.4 Å². The van der Waals surface area contributed by atoms with E-state index in [1.165, 1.54) is 51.5 Å². The molecule has 2 aromatic heterocycles. The standard InChI is InChI=1S/C24H28N4O6S2/c1-8-9-28-21(15-10-16(31-4)20(33-6)17(11-15)32-5)26-27-24(28)35-12-18(29)25-22-19(23(30)34-7)13(2)14(3)36-22/h8,10-11H,1,9,12H2,2-7H3,(H,25,29). The number of aromatic nitrogens is 3. The number of methoxy groups -OCH3 is 4. The number of rotatable bonds is 11. The Morgan fingerprint density at radius 3 is 2.33 bits per heavy atom. The van der Waals surface area contributed by atoms with Gasteiger partial charge in [0.1, 0.15) is 5.00 Å². The van der Waals surface area contributed by atoms with Crippen molar-refractivity contribution < 1.29 is 28.5 Å². The summed E-state index contributed by atoms with van der Waals surface area (Å²) in [5.74, 6) is 1.27. The number of thiophene rings is 1. The Morgan fingerprint density at radius 1 is 1.11 bits per heavy atom. The fourth-order valence-electron chi connectivity index (χ4n) is 3.47. The molecule has 0 aliphatic rings. The third kappa shape index (κ3) is 5.49. The molecule has 192 valence electrons. The van der Waals surface area contributed by atoms with Gasteiger partial charge in [-0.05, 0) is 31.5 Å². The monoisotopic (exact) mass is 532 g/mol. The summed E-state index contributed by atoms with van der Waals surface area (Å²) in [7, 11) is 5.93. The third-order valence-electron chi connectivity index (χ3n) is 5.31. The molecule has 2 heterocycles. The van der Waals surface area contributed by atoms with Crippen LogP contribution >= 0.6 is 23.1 Å². The third-order valence-corrected chi connectivity index (χ3v) is 7.40. The summed E-state index contributed by atoms with van der Waals surface area (Å²) in [6.45, 7) is 7.95. The van der Waals surface area contributed by atoms with Gasteiger partial charge in [0.2, 0.25) is 11.7 Å². The second-order valence-corrected chi connectivity index (χ2v) is 9.60. The van der Waals surface area contributed by atoms with Crippen LogP contribution in [0.5, 0.6) is 17.2 Å². The number of benzene rings is 1. The molecule has 0 fully saturated rings. The Bertz CT molecular complexity index is 1260. The fourth-order valence-corrected chi connectivity index (χ4v) is 5.28. The number of hydrogen-bond acceptors (Lipinski definition) is 10. The van der Waals surface area contributed by atoms with Crippen LogP contribution in [0.4, 0.5) is 5.00 Å². The van der Waals surface area contributed by atoms with Gasteiger partial charge in [-0.2, -0.15) is 0 Å². The lowest BCUT2D eigenvalue weighted by Gasteiger charge is -2.14. The number of esters is 1. The summed E-state index contributed by atoms with van der Waals surface area (Å²) in [6.07, 6.45) is 1.72. The predicted molar refractivity (Wildman–Crippen MR) is 140 cm³/mol. The lowest BCUT2D eigenvalue weighted by Crippen LogP contribution is -2.16. The van der Waals surface area contributed by atoms with Crippen LogP contribution in [-0.2, 0) is 16.1 Å². The van der Waals surface area contributed by atoms with Gasteiger partial charge in [-0.15, -0.1) is 28.1 Å². The summed E-state index contributed by atoms with van der Waals surface area (Å²) in [4.78, 5) is 25.9. The first-order chi connectivity index (χ1) is 17.3. The Labute approximate surface area is 217 Å². The molecule has 12 heteroatoms. The van der Waals surface area contributed by atoms with E-state index in [2.05, 4.69) is 22.1 Å². The van der Waals surface area contributed by atoms with Crippen molar-refractivity contribution in [3.8, 4) is 28.6 Å². The van der Waals surface area contributed by atoms with Crippen LogP contribution in [0.1, 0.15) is 20.8 Å². The van der Waals surface area contributed by atoms with Gasteiger partial charge in [0.25, 0.3) is 0 Å². The number of thioether (sulfide) groups is 1. The van der Waals surface area contributed by atoms with Crippen LogP contribution in [0.2, 0.25) is 0 Å². The highest BCUT2D eigenvalue weighted by Gasteiger charge is 2.23. The Kier molecular flexibility index (Phi) is 8.99. The summed E-state index contributed by atoms with van der Waals surface area (Å²) in [5, 5.41) is 12.4. The van der Waals surface area contributed by atoms with E-state index in [9.17, 15) is 9.59 Å². The molecule has 1 aromatic carbocycles. The van der Waals surface area contributed by atoms with E-state index in [-0.39, 0.29) is 11.7 Å². The summed E-state index contributed by atoms with van der Waals surface area (Å²) in [5.41, 5.74) is 1.86.